The fourth-order valence-corrected chi connectivity index (χ4v) is 3.06. The van der Waals surface area contributed by atoms with Crippen LogP contribution in [0.2, 0.25) is 0 Å². The SMILES string of the molecule is Nc1nc(Nc2ccc(C(F)(F)F)cc2)nc2c1ncn2-c1ccsc1. The fourth-order valence-electron chi connectivity index (χ4n) is 2.43. The number of rotatable bonds is 3. The van der Waals surface area contributed by atoms with Crippen LogP contribution in [0, 0.1) is 0 Å². The molecule has 0 radical (unpaired) electrons. The second-order valence-electron chi connectivity index (χ2n) is 5.40. The summed E-state index contributed by atoms with van der Waals surface area (Å²) in [5.41, 5.74) is 7.48. The number of hydrogen-bond acceptors (Lipinski definition) is 6. The zero-order valence-corrected chi connectivity index (χ0v) is 13.8. The van der Waals surface area contributed by atoms with Gasteiger partial charge in [-0.15, -0.1) is 0 Å². The summed E-state index contributed by atoms with van der Waals surface area (Å²) in [5, 5.41) is 6.73. The van der Waals surface area contributed by atoms with E-state index in [2.05, 4.69) is 20.3 Å². The number of fused-ring (bicyclic) bond motifs is 1. The number of halogens is 3. The third-order valence-corrected chi connectivity index (χ3v) is 4.35. The Morgan fingerprint density at radius 1 is 1.08 bits per heavy atom. The van der Waals surface area contributed by atoms with Gasteiger partial charge >= 0.3 is 6.18 Å². The van der Waals surface area contributed by atoms with E-state index in [0.29, 0.717) is 16.9 Å². The van der Waals surface area contributed by atoms with Crippen LogP contribution in [-0.4, -0.2) is 19.5 Å². The van der Waals surface area contributed by atoms with Crippen LogP contribution in [0.5, 0.6) is 0 Å². The summed E-state index contributed by atoms with van der Waals surface area (Å²) in [7, 11) is 0. The number of nitrogens with one attached hydrogen (secondary N) is 1. The van der Waals surface area contributed by atoms with Gasteiger partial charge in [0, 0.05) is 11.1 Å². The number of alkyl halides is 3. The molecule has 0 aliphatic rings. The number of nitrogen functional groups attached to an aromatic ring is 1. The minimum Gasteiger partial charge on any atom is -0.382 e. The summed E-state index contributed by atoms with van der Waals surface area (Å²) in [6.45, 7) is 0. The maximum Gasteiger partial charge on any atom is 0.416 e. The van der Waals surface area contributed by atoms with Gasteiger partial charge < -0.3 is 11.1 Å². The highest BCUT2D eigenvalue weighted by Gasteiger charge is 2.29. The first-order valence-corrected chi connectivity index (χ1v) is 8.33. The lowest BCUT2D eigenvalue weighted by molar-refractivity contribution is -0.137. The monoisotopic (exact) mass is 376 g/mol. The lowest BCUT2D eigenvalue weighted by Crippen LogP contribution is -2.05. The van der Waals surface area contributed by atoms with E-state index in [4.69, 9.17) is 5.73 Å². The molecule has 6 nitrogen and oxygen atoms in total. The van der Waals surface area contributed by atoms with Crippen molar-refractivity contribution < 1.29 is 13.2 Å². The third kappa shape index (κ3) is 2.94. The second kappa shape index (κ2) is 5.99. The summed E-state index contributed by atoms with van der Waals surface area (Å²) in [6.07, 6.45) is -2.79. The normalized spacial score (nSPS) is 11.8. The van der Waals surface area contributed by atoms with Crippen LogP contribution < -0.4 is 11.1 Å². The summed E-state index contributed by atoms with van der Waals surface area (Å²) < 4.78 is 39.7. The molecule has 26 heavy (non-hydrogen) atoms. The van der Waals surface area contributed by atoms with E-state index < -0.39 is 11.7 Å². The fraction of sp³-hybridized carbons (Fsp3) is 0.0625. The molecular weight excluding hydrogens is 365 g/mol. The highest BCUT2D eigenvalue weighted by Crippen LogP contribution is 2.30. The average molecular weight is 376 g/mol. The molecule has 0 spiro atoms. The van der Waals surface area contributed by atoms with E-state index in [1.54, 1.807) is 10.9 Å². The molecule has 10 heteroatoms. The van der Waals surface area contributed by atoms with Crippen LogP contribution in [0.4, 0.5) is 30.6 Å². The highest BCUT2D eigenvalue weighted by atomic mass is 32.1. The highest BCUT2D eigenvalue weighted by molar-refractivity contribution is 7.08. The predicted octanol–water partition coefficient (Wildman–Crippen LogP) is 4.22. The lowest BCUT2D eigenvalue weighted by Gasteiger charge is -2.09. The van der Waals surface area contributed by atoms with Crippen molar-refractivity contribution >= 4 is 40.0 Å². The maximum atomic E-state index is 12.6. The Balaban J connectivity index is 1.70. The molecule has 0 aliphatic carbocycles. The van der Waals surface area contributed by atoms with Crippen LogP contribution >= 0.6 is 11.3 Å². The molecule has 3 heterocycles. The Kier molecular flexibility index (Phi) is 3.76. The van der Waals surface area contributed by atoms with E-state index in [0.717, 1.165) is 17.8 Å². The van der Waals surface area contributed by atoms with Gasteiger partial charge in [-0.05, 0) is 35.7 Å². The molecule has 0 fully saturated rings. The number of benzene rings is 1. The Morgan fingerprint density at radius 2 is 1.85 bits per heavy atom. The van der Waals surface area contributed by atoms with Crippen molar-refractivity contribution in [1.29, 1.82) is 0 Å². The zero-order chi connectivity index (χ0) is 18.3. The summed E-state index contributed by atoms with van der Waals surface area (Å²) in [4.78, 5) is 12.7. The molecule has 3 aromatic heterocycles. The van der Waals surface area contributed by atoms with Gasteiger partial charge in [0.15, 0.2) is 17.0 Å². The van der Waals surface area contributed by atoms with Crippen LogP contribution in [0.25, 0.3) is 16.9 Å². The Morgan fingerprint density at radius 3 is 2.50 bits per heavy atom. The van der Waals surface area contributed by atoms with E-state index >= 15 is 0 Å². The molecule has 132 valence electrons. The Hall–Kier alpha value is -3.14. The number of thiophene rings is 1. The number of anilines is 3. The second-order valence-corrected chi connectivity index (χ2v) is 6.18. The number of nitrogens with zero attached hydrogens (tertiary/aromatic N) is 4. The van der Waals surface area contributed by atoms with Crippen LogP contribution in [0.3, 0.4) is 0 Å². The molecule has 0 saturated carbocycles. The molecule has 0 amide bonds. The van der Waals surface area contributed by atoms with Crippen molar-refractivity contribution in [2.45, 2.75) is 6.18 Å². The molecule has 4 aromatic rings. The largest absolute Gasteiger partial charge is 0.416 e. The minimum absolute atomic E-state index is 0.173. The molecule has 0 atom stereocenters. The van der Waals surface area contributed by atoms with Crippen molar-refractivity contribution in [3.8, 4) is 5.69 Å². The lowest BCUT2D eigenvalue weighted by atomic mass is 10.2. The summed E-state index contributed by atoms with van der Waals surface area (Å²) in [5.74, 6) is 0.352. The van der Waals surface area contributed by atoms with Crippen molar-refractivity contribution in [1.82, 2.24) is 19.5 Å². The first-order valence-electron chi connectivity index (χ1n) is 7.39. The summed E-state index contributed by atoms with van der Waals surface area (Å²) in [6, 6.07) is 6.50. The van der Waals surface area contributed by atoms with Gasteiger partial charge in [-0.2, -0.15) is 34.5 Å². The van der Waals surface area contributed by atoms with E-state index in [1.165, 1.54) is 23.5 Å². The van der Waals surface area contributed by atoms with Gasteiger partial charge in [0.1, 0.15) is 6.33 Å². The van der Waals surface area contributed by atoms with Crippen LogP contribution in [-0.2, 0) is 6.18 Å². The standard InChI is InChI=1S/C16H11F3N6S/c17-16(18,19)9-1-3-10(4-2-9)22-15-23-13(20)12-14(24-15)25(8-21-12)11-5-6-26-7-11/h1-8H,(H3,20,22,23,24). The van der Waals surface area contributed by atoms with Gasteiger partial charge in [0.05, 0.1) is 11.3 Å². The van der Waals surface area contributed by atoms with Crippen molar-refractivity contribution in [3.63, 3.8) is 0 Å². The quantitative estimate of drug-likeness (QED) is 0.559. The topological polar surface area (TPSA) is 81.7 Å². The molecule has 0 aliphatic heterocycles. The van der Waals surface area contributed by atoms with E-state index in [9.17, 15) is 13.2 Å². The number of hydrogen-bond donors (Lipinski definition) is 2. The zero-order valence-electron chi connectivity index (χ0n) is 13.0. The third-order valence-electron chi connectivity index (χ3n) is 3.68. The number of imidazole rings is 1. The predicted molar refractivity (Wildman–Crippen MR) is 93.7 cm³/mol. The molecular formula is C16H11F3N6S. The van der Waals surface area contributed by atoms with E-state index in [1.807, 2.05) is 16.8 Å². The Labute approximate surface area is 149 Å². The molecule has 3 N–H and O–H groups in total. The van der Waals surface area contributed by atoms with Crippen molar-refractivity contribution in [3.05, 3.63) is 53.0 Å². The number of aromatic nitrogens is 4. The smallest absolute Gasteiger partial charge is 0.382 e. The van der Waals surface area contributed by atoms with Gasteiger partial charge in [0.2, 0.25) is 5.95 Å². The van der Waals surface area contributed by atoms with E-state index in [-0.39, 0.29) is 11.8 Å². The number of nitrogens with two attached hydrogens (primary N) is 1. The van der Waals surface area contributed by atoms with Crippen LogP contribution in [0.1, 0.15) is 5.56 Å². The van der Waals surface area contributed by atoms with Crippen molar-refractivity contribution in [2.75, 3.05) is 11.1 Å². The first kappa shape index (κ1) is 16.3. The molecule has 0 saturated heterocycles. The molecule has 1 aromatic carbocycles. The Bertz CT molecular complexity index is 1050. The van der Waals surface area contributed by atoms with Crippen molar-refractivity contribution in [2.24, 2.45) is 0 Å². The van der Waals surface area contributed by atoms with Gasteiger partial charge in [-0.1, -0.05) is 0 Å². The molecule has 4 rings (SSSR count). The van der Waals surface area contributed by atoms with Gasteiger partial charge in [-0.25, -0.2) is 4.98 Å². The van der Waals surface area contributed by atoms with Gasteiger partial charge in [0.25, 0.3) is 0 Å². The maximum absolute atomic E-state index is 12.6. The molecule has 0 bridgehead atoms. The summed E-state index contributed by atoms with van der Waals surface area (Å²) >= 11 is 1.53. The first-order chi connectivity index (χ1) is 12.4. The molecule has 0 unspecified atom stereocenters. The minimum atomic E-state index is -4.38. The van der Waals surface area contributed by atoms with Crippen LogP contribution in [0.15, 0.2) is 47.4 Å². The van der Waals surface area contributed by atoms with Gasteiger partial charge in [-0.3, -0.25) is 4.57 Å². The average Bonchev–Trinajstić information content (AvgIpc) is 3.23.